The molecule has 16 heavy (non-hydrogen) atoms. The topological polar surface area (TPSA) is 29.9 Å². The minimum Gasteiger partial charge on any atom is -0.334 e. The van der Waals surface area contributed by atoms with E-state index in [2.05, 4.69) is 34.9 Å². The van der Waals surface area contributed by atoms with Crippen molar-refractivity contribution in [1.82, 2.24) is 14.9 Å². The largest absolute Gasteiger partial charge is 0.334 e. The molecule has 0 aliphatic heterocycles. The third-order valence-electron chi connectivity index (χ3n) is 2.85. The number of hydrogen-bond donors (Lipinski definition) is 1. The van der Waals surface area contributed by atoms with Crippen LogP contribution in [0.25, 0.3) is 0 Å². The number of hydrogen-bond acceptors (Lipinski definition) is 2. The van der Waals surface area contributed by atoms with Gasteiger partial charge in [0.15, 0.2) is 0 Å². The van der Waals surface area contributed by atoms with Crippen LogP contribution < -0.4 is 5.32 Å². The van der Waals surface area contributed by atoms with Crippen LogP contribution in [0.4, 0.5) is 0 Å². The van der Waals surface area contributed by atoms with Crippen LogP contribution in [-0.2, 0) is 13.0 Å². The Balaban J connectivity index is 2.03. The maximum Gasteiger partial charge on any atom is 0.108 e. The van der Waals surface area contributed by atoms with Crippen molar-refractivity contribution in [1.29, 1.82) is 0 Å². The second kappa shape index (κ2) is 8.34. The number of aromatic nitrogens is 2. The Kier molecular flexibility index (Phi) is 6.90. The molecule has 0 aromatic carbocycles. The predicted molar refractivity (Wildman–Crippen MR) is 68.6 cm³/mol. The zero-order chi connectivity index (χ0) is 11.6. The van der Waals surface area contributed by atoms with Crippen molar-refractivity contribution in [3.63, 3.8) is 0 Å². The maximum absolute atomic E-state index is 4.31. The molecule has 0 radical (unpaired) electrons. The third-order valence-corrected chi connectivity index (χ3v) is 2.85. The van der Waals surface area contributed by atoms with Gasteiger partial charge in [-0.1, -0.05) is 33.1 Å². The number of unbranched alkanes of at least 4 members (excludes halogenated alkanes) is 3. The molecule has 3 heteroatoms. The van der Waals surface area contributed by atoms with E-state index >= 15 is 0 Å². The van der Waals surface area contributed by atoms with Gasteiger partial charge in [-0.05, 0) is 13.0 Å². The average Bonchev–Trinajstić information content (AvgIpc) is 2.75. The van der Waals surface area contributed by atoms with Crippen LogP contribution >= 0.6 is 0 Å². The van der Waals surface area contributed by atoms with Gasteiger partial charge < -0.3 is 9.88 Å². The SMILES string of the molecule is CCCCCCNCCn1ccnc1CC. The van der Waals surface area contributed by atoms with Crippen molar-refractivity contribution in [2.45, 2.75) is 52.5 Å². The highest BCUT2D eigenvalue weighted by molar-refractivity contribution is 4.91. The van der Waals surface area contributed by atoms with Gasteiger partial charge in [-0.15, -0.1) is 0 Å². The molecule has 1 N–H and O–H groups in total. The molecule has 1 rings (SSSR count). The zero-order valence-electron chi connectivity index (χ0n) is 10.7. The second-order valence-corrected chi connectivity index (χ2v) is 4.20. The molecule has 0 amide bonds. The summed E-state index contributed by atoms with van der Waals surface area (Å²) in [6.07, 6.45) is 10.3. The summed E-state index contributed by atoms with van der Waals surface area (Å²) in [6.45, 7) is 7.64. The molecular weight excluding hydrogens is 198 g/mol. The van der Waals surface area contributed by atoms with Crippen LogP contribution in [-0.4, -0.2) is 22.6 Å². The first-order valence-electron chi connectivity index (χ1n) is 6.59. The lowest BCUT2D eigenvalue weighted by Gasteiger charge is -2.07. The van der Waals surface area contributed by atoms with Gasteiger partial charge in [0.1, 0.15) is 5.82 Å². The Morgan fingerprint density at radius 1 is 1.19 bits per heavy atom. The Hall–Kier alpha value is -0.830. The molecule has 0 aliphatic rings. The molecule has 0 saturated heterocycles. The number of nitrogens with one attached hydrogen (secondary N) is 1. The maximum atomic E-state index is 4.31. The lowest BCUT2D eigenvalue weighted by atomic mass is 10.2. The van der Waals surface area contributed by atoms with Crippen molar-refractivity contribution in [2.75, 3.05) is 13.1 Å². The van der Waals surface area contributed by atoms with Crippen LogP contribution in [0, 0.1) is 0 Å². The van der Waals surface area contributed by atoms with Crippen molar-refractivity contribution in [3.8, 4) is 0 Å². The fourth-order valence-electron chi connectivity index (χ4n) is 1.86. The van der Waals surface area contributed by atoms with Crippen LogP contribution in [0.3, 0.4) is 0 Å². The first-order valence-corrected chi connectivity index (χ1v) is 6.59. The van der Waals surface area contributed by atoms with E-state index in [0.29, 0.717) is 0 Å². The van der Waals surface area contributed by atoms with E-state index in [-0.39, 0.29) is 0 Å². The van der Waals surface area contributed by atoms with Gasteiger partial charge >= 0.3 is 0 Å². The summed E-state index contributed by atoms with van der Waals surface area (Å²) in [5, 5.41) is 3.49. The summed E-state index contributed by atoms with van der Waals surface area (Å²) in [5.41, 5.74) is 0. The van der Waals surface area contributed by atoms with Gasteiger partial charge in [-0.25, -0.2) is 4.98 Å². The first-order chi connectivity index (χ1) is 7.88. The molecule has 1 aromatic heterocycles. The second-order valence-electron chi connectivity index (χ2n) is 4.20. The van der Waals surface area contributed by atoms with Gasteiger partial charge in [-0.3, -0.25) is 0 Å². The van der Waals surface area contributed by atoms with E-state index in [1.165, 1.54) is 31.5 Å². The Labute approximate surface area is 99.3 Å². The summed E-state index contributed by atoms with van der Waals surface area (Å²) in [6, 6.07) is 0. The van der Waals surface area contributed by atoms with Gasteiger partial charge in [0, 0.05) is 31.9 Å². The molecule has 92 valence electrons. The molecule has 3 nitrogen and oxygen atoms in total. The van der Waals surface area contributed by atoms with E-state index < -0.39 is 0 Å². The number of imidazole rings is 1. The fourth-order valence-corrected chi connectivity index (χ4v) is 1.86. The molecule has 1 aromatic rings. The minimum absolute atomic E-state index is 1.02. The molecule has 0 bridgehead atoms. The number of aryl methyl sites for hydroxylation is 1. The lowest BCUT2D eigenvalue weighted by molar-refractivity contribution is 0.552. The molecule has 0 saturated carbocycles. The number of nitrogens with zero attached hydrogens (tertiary/aromatic N) is 2. The standard InChI is InChI=1S/C13H25N3/c1-3-5-6-7-8-14-9-11-16-12-10-15-13(16)4-2/h10,12,14H,3-9,11H2,1-2H3. The highest BCUT2D eigenvalue weighted by Crippen LogP contribution is 1.98. The van der Waals surface area contributed by atoms with E-state index in [1.54, 1.807) is 0 Å². The van der Waals surface area contributed by atoms with Gasteiger partial charge in [0.05, 0.1) is 0 Å². The van der Waals surface area contributed by atoms with Crippen molar-refractivity contribution in [3.05, 3.63) is 18.2 Å². The fraction of sp³-hybridized carbons (Fsp3) is 0.769. The quantitative estimate of drug-likeness (QED) is 0.652. The summed E-state index contributed by atoms with van der Waals surface area (Å²) in [4.78, 5) is 4.31. The van der Waals surface area contributed by atoms with E-state index in [9.17, 15) is 0 Å². The lowest BCUT2D eigenvalue weighted by Crippen LogP contribution is -2.21. The molecule has 0 aliphatic carbocycles. The van der Waals surface area contributed by atoms with E-state index in [0.717, 1.165) is 26.1 Å². The zero-order valence-corrected chi connectivity index (χ0v) is 10.7. The van der Waals surface area contributed by atoms with Crippen molar-refractivity contribution >= 4 is 0 Å². The van der Waals surface area contributed by atoms with Crippen molar-refractivity contribution in [2.24, 2.45) is 0 Å². The van der Waals surface area contributed by atoms with Crippen LogP contribution in [0.15, 0.2) is 12.4 Å². The predicted octanol–water partition coefficient (Wildman–Crippen LogP) is 2.62. The molecule has 0 spiro atoms. The van der Waals surface area contributed by atoms with Crippen LogP contribution in [0.5, 0.6) is 0 Å². The summed E-state index contributed by atoms with van der Waals surface area (Å²) in [5.74, 6) is 1.19. The first kappa shape index (κ1) is 13.2. The third kappa shape index (κ3) is 4.79. The summed E-state index contributed by atoms with van der Waals surface area (Å²) >= 11 is 0. The summed E-state index contributed by atoms with van der Waals surface area (Å²) < 4.78 is 2.24. The van der Waals surface area contributed by atoms with Gasteiger partial charge in [0.25, 0.3) is 0 Å². The van der Waals surface area contributed by atoms with Crippen molar-refractivity contribution < 1.29 is 0 Å². The average molecular weight is 223 g/mol. The Morgan fingerprint density at radius 2 is 2.06 bits per heavy atom. The molecule has 1 heterocycles. The number of rotatable bonds is 9. The van der Waals surface area contributed by atoms with Crippen LogP contribution in [0.1, 0.15) is 45.4 Å². The Bertz CT molecular complexity index is 268. The Morgan fingerprint density at radius 3 is 2.81 bits per heavy atom. The normalized spacial score (nSPS) is 10.9. The highest BCUT2D eigenvalue weighted by atomic mass is 15.1. The minimum atomic E-state index is 1.02. The summed E-state index contributed by atoms with van der Waals surface area (Å²) in [7, 11) is 0. The molecule has 0 atom stereocenters. The smallest absolute Gasteiger partial charge is 0.108 e. The van der Waals surface area contributed by atoms with Gasteiger partial charge in [0.2, 0.25) is 0 Å². The van der Waals surface area contributed by atoms with Crippen LogP contribution in [0.2, 0.25) is 0 Å². The molecule has 0 fully saturated rings. The molecule has 0 unspecified atom stereocenters. The highest BCUT2D eigenvalue weighted by Gasteiger charge is 1.98. The van der Waals surface area contributed by atoms with E-state index in [1.807, 2.05) is 6.20 Å². The monoisotopic (exact) mass is 223 g/mol. The molecular formula is C13H25N3. The van der Waals surface area contributed by atoms with Gasteiger partial charge in [-0.2, -0.15) is 0 Å². The van der Waals surface area contributed by atoms with E-state index in [4.69, 9.17) is 0 Å².